The topological polar surface area (TPSA) is 55.1 Å². The third kappa shape index (κ3) is 3.65. The Morgan fingerprint density at radius 3 is 2.67 bits per heavy atom. The van der Waals surface area contributed by atoms with Crippen molar-refractivity contribution in [1.29, 1.82) is 0 Å². The van der Waals surface area contributed by atoms with Gasteiger partial charge < -0.3 is 11.1 Å². The summed E-state index contributed by atoms with van der Waals surface area (Å²) in [5, 5.41) is 2.52. The molecule has 0 aromatic heterocycles. The van der Waals surface area contributed by atoms with Crippen LogP contribution in [0, 0.1) is 11.7 Å². The summed E-state index contributed by atoms with van der Waals surface area (Å²) < 4.78 is 51.4. The van der Waals surface area contributed by atoms with Gasteiger partial charge in [0.25, 0.3) is 5.91 Å². The molecule has 0 radical (unpaired) electrons. The molecule has 116 valence electrons. The Hall–Kier alpha value is -1.79. The number of amides is 1. The number of carbonyl (C=O) groups is 1. The van der Waals surface area contributed by atoms with Crippen molar-refractivity contribution in [2.45, 2.75) is 37.9 Å². The predicted octanol–water partition coefficient (Wildman–Crippen LogP) is 3.26. The molecule has 3 N–H and O–H groups in total. The van der Waals surface area contributed by atoms with Crippen LogP contribution in [-0.2, 0) is 0 Å². The largest absolute Gasteiger partial charge is 0.396 e. The van der Waals surface area contributed by atoms with Gasteiger partial charge in [0.15, 0.2) is 0 Å². The monoisotopic (exact) mass is 304 g/mol. The second-order valence-electron chi connectivity index (χ2n) is 5.28. The number of anilines is 1. The molecule has 0 saturated heterocycles. The first-order valence-electron chi connectivity index (χ1n) is 6.70. The summed E-state index contributed by atoms with van der Waals surface area (Å²) in [6.45, 7) is 0. The van der Waals surface area contributed by atoms with Gasteiger partial charge in [-0.15, -0.1) is 0 Å². The van der Waals surface area contributed by atoms with Crippen LogP contribution in [0.25, 0.3) is 0 Å². The van der Waals surface area contributed by atoms with E-state index in [2.05, 4.69) is 5.32 Å². The molecule has 7 heteroatoms. The zero-order chi connectivity index (χ0) is 15.6. The number of alkyl halides is 3. The Kier molecular flexibility index (Phi) is 4.39. The van der Waals surface area contributed by atoms with Gasteiger partial charge in [-0.3, -0.25) is 4.79 Å². The number of para-hydroxylation sites is 1. The van der Waals surface area contributed by atoms with Crippen molar-refractivity contribution in [3.05, 3.63) is 29.6 Å². The highest BCUT2D eigenvalue weighted by molar-refractivity contribution is 5.99. The maximum Gasteiger partial charge on any atom is 0.391 e. The molecule has 2 atom stereocenters. The van der Waals surface area contributed by atoms with Crippen molar-refractivity contribution in [2.75, 3.05) is 5.73 Å². The molecule has 1 aromatic carbocycles. The lowest BCUT2D eigenvalue weighted by molar-refractivity contribution is -0.183. The SMILES string of the molecule is Nc1c(F)cccc1C(=O)NC1CCCC(C(F)(F)F)C1. The minimum absolute atomic E-state index is 0.0517. The van der Waals surface area contributed by atoms with Gasteiger partial charge in [0.1, 0.15) is 5.82 Å². The normalized spacial score (nSPS) is 22.9. The van der Waals surface area contributed by atoms with Crippen LogP contribution < -0.4 is 11.1 Å². The molecule has 1 aliphatic carbocycles. The number of rotatable bonds is 2. The van der Waals surface area contributed by atoms with E-state index in [1.165, 1.54) is 12.1 Å². The Morgan fingerprint density at radius 2 is 2.00 bits per heavy atom. The zero-order valence-corrected chi connectivity index (χ0v) is 11.2. The molecule has 1 saturated carbocycles. The van der Waals surface area contributed by atoms with Crippen LogP contribution in [0.1, 0.15) is 36.0 Å². The summed E-state index contributed by atoms with van der Waals surface area (Å²) in [7, 11) is 0. The van der Waals surface area contributed by atoms with Crippen LogP contribution in [0.5, 0.6) is 0 Å². The summed E-state index contributed by atoms with van der Waals surface area (Å²) in [5.74, 6) is -2.76. The van der Waals surface area contributed by atoms with E-state index in [9.17, 15) is 22.4 Å². The molecule has 1 aliphatic rings. The molecule has 2 unspecified atom stereocenters. The van der Waals surface area contributed by atoms with Crippen LogP contribution >= 0.6 is 0 Å². The summed E-state index contributed by atoms with van der Waals surface area (Å²) in [6, 6.07) is 3.23. The molecule has 0 bridgehead atoms. The average molecular weight is 304 g/mol. The summed E-state index contributed by atoms with van der Waals surface area (Å²) in [5.41, 5.74) is 5.12. The minimum Gasteiger partial charge on any atom is -0.396 e. The van der Waals surface area contributed by atoms with E-state index in [0.29, 0.717) is 12.8 Å². The zero-order valence-electron chi connectivity index (χ0n) is 11.2. The molecular weight excluding hydrogens is 288 g/mol. The highest BCUT2D eigenvalue weighted by atomic mass is 19.4. The van der Waals surface area contributed by atoms with Crippen LogP contribution in [0.2, 0.25) is 0 Å². The lowest BCUT2D eigenvalue weighted by Gasteiger charge is -2.31. The van der Waals surface area contributed by atoms with E-state index in [4.69, 9.17) is 5.73 Å². The van der Waals surface area contributed by atoms with Crippen molar-refractivity contribution in [3.63, 3.8) is 0 Å². The van der Waals surface area contributed by atoms with E-state index in [-0.39, 0.29) is 24.1 Å². The predicted molar refractivity (Wildman–Crippen MR) is 70.1 cm³/mol. The number of benzene rings is 1. The fourth-order valence-electron chi connectivity index (χ4n) is 2.62. The summed E-state index contributed by atoms with van der Waals surface area (Å²) >= 11 is 0. The molecule has 3 nitrogen and oxygen atoms in total. The summed E-state index contributed by atoms with van der Waals surface area (Å²) in [6.07, 6.45) is -3.44. The average Bonchev–Trinajstić information content (AvgIpc) is 2.41. The van der Waals surface area contributed by atoms with E-state index in [1.54, 1.807) is 0 Å². The van der Waals surface area contributed by atoms with Crippen molar-refractivity contribution in [2.24, 2.45) is 5.92 Å². The van der Waals surface area contributed by atoms with Crippen molar-refractivity contribution in [3.8, 4) is 0 Å². The summed E-state index contributed by atoms with van der Waals surface area (Å²) in [4.78, 5) is 12.0. The van der Waals surface area contributed by atoms with Gasteiger partial charge in [0.2, 0.25) is 0 Å². The maximum atomic E-state index is 13.3. The highest BCUT2D eigenvalue weighted by Crippen LogP contribution is 2.37. The van der Waals surface area contributed by atoms with E-state index in [1.807, 2.05) is 0 Å². The van der Waals surface area contributed by atoms with E-state index in [0.717, 1.165) is 6.07 Å². The lowest BCUT2D eigenvalue weighted by Crippen LogP contribution is -2.41. The van der Waals surface area contributed by atoms with Gasteiger partial charge in [-0.1, -0.05) is 12.5 Å². The van der Waals surface area contributed by atoms with Gasteiger partial charge in [-0.25, -0.2) is 4.39 Å². The third-order valence-electron chi connectivity index (χ3n) is 3.77. The van der Waals surface area contributed by atoms with E-state index >= 15 is 0 Å². The second-order valence-corrected chi connectivity index (χ2v) is 5.28. The van der Waals surface area contributed by atoms with Crippen LogP contribution in [0.3, 0.4) is 0 Å². The fourth-order valence-corrected chi connectivity index (χ4v) is 2.62. The first kappa shape index (κ1) is 15.6. The molecule has 2 rings (SSSR count). The van der Waals surface area contributed by atoms with Crippen LogP contribution in [0.4, 0.5) is 23.2 Å². The van der Waals surface area contributed by atoms with Gasteiger partial charge in [-0.2, -0.15) is 13.2 Å². The van der Waals surface area contributed by atoms with Crippen LogP contribution in [-0.4, -0.2) is 18.1 Å². The number of hydrogen-bond acceptors (Lipinski definition) is 2. The smallest absolute Gasteiger partial charge is 0.391 e. The number of nitrogen functional groups attached to an aromatic ring is 1. The highest BCUT2D eigenvalue weighted by Gasteiger charge is 2.42. The molecule has 0 aliphatic heterocycles. The Balaban J connectivity index is 2.04. The van der Waals surface area contributed by atoms with E-state index < -0.39 is 29.9 Å². The fraction of sp³-hybridized carbons (Fsp3) is 0.500. The quantitative estimate of drug-likeness (QED) is 0.651. The number of carbonyl (C=O) groups excluding carboxylic acids is 1. The Bertz CT molecular complexity index is 530. The van der Waals surface area contributed by atoms with Crippen molar-refractivity contribution in [1.82, 2.24) is 5.32 Å². The van der Waals surface area contributed by atoms with Gasteiger partial charge in [-0.05, 0) is 31.4 Å². The molecule has 1 amide bonds. The number of nitrogens with two attached hydrogens (primary N) is 1. The van der Waals surface area contributed by atoms with Gasteiger partial charge >= 0.3 is 6.18 Å². The number of halogens is 4. The van der Waals surface area contributed by atoms with Gasteiger partial charge in [0, 0.05) is 6.04 Å². The molecular formula is C14H16F4N2O. The molecule has 21 heavy (non-hydrogen) atoms. The third-order valence-corrected chi connectivity index (χ3v) is 3.77. The number of nitrogens with one attached hydrogen (secondary N) is 1. The first-order chi connectivity index (χ1) is 9.79. The van der Waals surface area contributed by atoms with Crippen molar-refractivity contribution >= 4 is 11.6 Å². The standard InChI is InChI=1S/C14H16F4N2O/c15-11-6-2-5-10(12(11)19)13(21)20-9-4-1-3-8(7-9)14(16,17)18/h2,5-6,8-9H,1,3-4,7,19H2,(H,20,21). The Labute approximate surface area is 119 Å². The Morgan fingerprint density at radius 1 is 1.29 bits per heavy atom. The first-order valence-corrected chi connectivity index (χ1v) is 6.70. The maximum absolute atomic E-state index is 13.3. The second kappa shape index (κ2) is 5.91. The van der Waals surface area contributed by atoms with Gasteiger partial charge in [0.05, 0.1) is 17.2 Å². The molecule has 1 fully saturated rings. The number of hydrogen-bond donors (Lipinski definition) is 2. The molecule has 0 spiro atoms. The molecule has 0 heterocycles. The lowest BCUT2D eigenvalue weighted by atomic mass is 9.85. The minimum atomic E-state index is -4.25. The van der Waals surface area contributed by atoms with Crippen LogP contribution in [0.15, 0.2) is 18.2 Å². The van der Waals surface area contributed by atoms with Crippen molar-refractivity contribution < 1.29 is 22.4 Å². The molecule has 1 aromatic rings.